The summed E-state index contributed by atoms with van der Waals surface area (Å²) in [6.07, 6.45) is 3.40. The molecule has 1 unspecified atom stereocenters. The molecule has 0 aliphatic heterocycles. The monoisotopic (exact) mass is 262 g/mol. The van der Waals surface area contributed by atoms with Gasteiger partial charge in [0.2, 0.25) is 0 Å². The molecule has 0 bridgehead atoms. The fraction of sp³-hybridized carbons (Fsp3) is 1.00. The zero-order valence-electron chi connectivity index (χ0n) is 12.1. The van der Waals surface area contributed by atoms with Crippen molar-refractivity contribution < 1.29 is 8.85 Å². The molecule has 0 saturated heterocycles. The van der Waals surface area contributed by atoms with Crippen LogP contribution in [0.1, 0.15) is 53.9 Å². The quantitative estimate of drug-likeness (QED) is 0.443. The summed E-state index contributed by atoms with van der Waals surface area (Å²) in [5.74, 6) is 0. The highest BCUT2D eigenvalue weighted by atomic mass is 28.4. The second kappa shape index (κ2) is 10.0. The van der Waals surface area contributed by atoms with Crippen molar-refractivity contribution in [2.24, 2.45) is 0 Å². The van der Waals surface area contributed by atoms with Gasteiger partial charge in [0.1, 0.15) is 0 Å². The van der Waals surface area contributed by atoms with Gasteiger partial charge in [-0.05, 0) is 33.2 Å². The molecule has 17 heavy (non-hydrogen) atoms. The van der Waals surface area contributed by atoms with E-state index in [-0.39, 0.29) is 0 Å². The van der Waals surface area contributed by atoms with Crippen molar-refractivity contribution in [3.05, 3.63) is 0 Å². The maximum absolute atomic E-state index is 5.88. The number of rotatable bonds is 11. The van der Waals surface area contributed by atoms with E-state index in [9.17, 15) is 0 Å². The molecule has 0 spiro atoms. The first-order chi connectivity index (χ1) is 8.14. The first-order valence-corrected chi connectivity index (χ1v) is 8.76. The van der Waals surface area contributed by atoms with Gasteiger partial charge in [-0.25, -0.2) is 0 Å². The molecule has 0 heterocycles. The first kappa shape index (κ1) is 17.1. The van der Waals surface area contributed by atoms with E-state index in [0.29, 0.717) is 19.3 Å². The zero-order chi connectivity index (χ0) is 13.1. The Hall–Kier alpha value is 0.0569. The minimum Gasteiger partial charge on any atom is -0.371 e. The first-order valence-electron chi connectivity index (χ1n) is 6.94. The number of hydrogen-bond acceptors (Lipinski definition) is 4. The molecule has 0 amide bonds. The van der Waals surface area contributed by atoms with Crippen LogP contribution in [0.25, 0.3) is 0 Å². The van der Waals surface area contributed by atoms with Crippen LogP contribution in [-0.4, -0.2) is 34.7 Å². The molecule has 0 rings (SSSR count). The van der Waals surface area contributed by atoms with Gasteiger partial charge in [0.25, 0.3) is 0 Å². The molecular formula is C12H30N2O2Si. The lowest BCUT2D eigenvalue weighted by Gasteiger charge is -2.32. The molecule has 104 valence electrons. The summed E-state index contributed by atoms with van der Waals surface area (Å²) in [5.41, 5.74) is 0. The van der Waals surface area contributed by atoms with Crippen LogP contribution in [0.2, 0.25) is 0 Å². The molecule has 0 radical (unpaired) electrons. The van der Waals surface area contributed by atoms with Crippen molar-refractivity contribution in [2.45, 2.75) is 59.9 Å². The lowest BCUT2D eigenvalue weighted by Crippen LogP contribution is -2.69. The van der Waals surface area contributed by atoms with E-state index in [1.807, 2.05) is 13.8 Å². The average Bonchev–Trinajstić information content (AvgIpc) is 2.30. The Morgan fingerprint density at radius 3 is 2.06 bits per heavy atom. The van der Waals surface area contributed by atoms with Gasteiger partial charge in [-0.3, -0.25) is 9.96 Å². The van der Waals surface area contributed by atoms with E-state index in [0.717, 1.165) is 19.4 Å². The Labute approximate surface area is 108 Å². The third kappa shape index (κ3) is 7.16. The molecule has 2 N–H and O–H groups in total. The van der Waals surface area contributed by atoms with E-state index < -0.39 is 8.88 Å². The summed E-state index contributed by atoms with van der Waals surface area (Å²) in [5, 5.41) is 0. The van der Waals surface area contributed by atoms with Gasteiger partial charge in [-0.15, -0.1) is 0 Å². The Morgan fingerprint density at radius 1 is 1.06 bits per heavy atom. The third-order valence-corrected chi connectivity index (χ3v) is 5.61. The fourth-order valence-corrected chi connectivity index (χ4v) is 4.27. The summed E-state index contributed by atoms with van der Waals surface area (Å²) in [6.45, 7) is 12.9. The van der Waals surface area contributed by atoms with Crippen LogP contribution in [-0.2, 0) is 8.85 Å². The Kier molecular flexibility index (Phi) is 10.1. The molecule has 0 aromatic heterocycles. The summed E-state index contributed by atoms with van der Waals surface area (Å²) in [7, 11) is -2.42. The summed E-state index contributed by atoms with van der Waals surface area (Å²) in [4.78, 5) is 7.01. The van der Waals surface area contributed by atoms with Crippen LogP contribution in [0.3, 0.4) is 0 Å². The van der Waals surface area contributed by atoms with Gasteiger partial charge in [-0.1, -0.05) is 27.2 Å². The van der Waals surface area contributed by atoms with Crippen LogP contribution in [0, 0.1) is 0 Å². The topological polar surface area (TPSA) is 42.5 Å². The summed E-state index contributed by atoms with van der Waals surface area (Å²) < 4.78 is 11.8. The normalized spacial score (nSPS) is 13.9. The Balaban J connectivity index is 4.46. The molecule has 5 heteroatoms. The fourth-order valence-electron chi connectivity index (χ4n) is 1.54. The molecule has 4 nitrogen and oxygen atoms in total. The van der Waals surface area contributed by atoms with Crippen LogP contribution in [0.5, 0.6) is 0 Å². The largest absolute Gasteiger partial charge is 0.517 e. The minimum atomic E-state index is -2.42. The van der Waals surface area contributed by atoms with Crippen LogP contribution < -0.4 is 9.96 Å². The van der Waals surface area contributed by atoms with E-state index in [1.165, 1.54) is 6.42 Å². The standard InChI is InChI=1S/C12H30N2O2Si/c1-6-10-11-13-17(15-8-3,16-9-4)14-12(5)7-2/h12-14H,6-11H2,1-5H3. The second-order valence-corrected chi connectivity index (χ2v) is 6.67. The highest BCUT2D eigenvalue weighted by molar-refractivity contribution is 6.62. The van der Waals surface area contributed by atoms with Crippen molar-refractivity contribution >= 4 is 8.88 Å². The van der Waals surface area contributed by atoms with Crippen LogP contribution in [0.4, 0.5) is 0 Å². The number of unbranched alkanes of at least 4 members (excludes halogenated alkanes) is 1. The van der Waals surface area contributed by atoms with Crippen molar-refractivity contribution in [1.29, 1.82) is 0 Å². The highest BCUT2D eigenvalue weighted by Crippen LogP contribution is 2.04. The van der Waals surface area contributed by atoms with Gasteiger partial charge in [-0.2, -0.15) is 0 Å². The predicted octanol–water partition coefficient (Wildman–Crippen LogP) is 2.27. The summed E-state index contributed by atoms with van der Waals surface area (Å²) >= 11 is 0. The highest BCUT2D eigenvalue weighted by Gasteiger charge is 2.39. The minimum absolute atomic E-state index is 0.411. The maximum Gasteiger partial charge on any atom is 0.517 e. The van der Waals surface area contributed by atoms with E-state index in [2.05, 4.69) is 30.7 Å². The molecular weight excluding hydrogens is 232 g/mol. The van der Waals surface area contributed by atoms with Gasteiger partial charge in [0.15, 0.2) is 0 Å². The smallest absolute Gasteiger partial charge is 0.371 e. The maximum atomic E-state index is 5.88. The number of nitrogens with one attached hydrogen (secondary N) is 2. The van der Waals surface area contributed by atoms with Gasteiger partial charge < -0.3 is 8.85 Å². The molecule has 0 saturated carbocycles. The van der Waals surface area contributed by atoms with E-state index in [4.69, 9.17) is 8.85 Å². The van der Waals surface area contributed by atoms with Crippen molar-refractivity contribution in [3.63, 3.8) is 0 Å². The van der Waals surface area contributed by atoms with E-state index >= 15 is 0 Å². The van der Waals surface area contributed by atoms with Crippen molar-refractivity contribution in [1.82, 2.24) is 9.96 Å². The third-order valence-electron chi connectivity index (χ3n) is 2.63. The molecule has 1 atom stereocenters. The molecule has 0 aromatic carbocycles. The molecule has 0 aromatic rings. The molecule has 0 fully saturated rings. The Morgan fingerprint density at radius 2 is 1.65 bits per heavy atom. The molecule has 0 aliphatic carbocycles. The summed E-state index contributed by atoms with van der Waals surface area (Å²) in [6, 6.07) is 0.411. The van der Waals surface area contributed by atoms with Gasteiger partial charge in [0.05, 0.1) is 0 Å². The van der Waals surface area contributed by atoms with Gasteiger partial charge >= 0.3 is 8.88 Å². The predicted molar refractivity (Wildman–Crippen MR) is 74.8 cm³/mol. The molecule has 0 aliphatic rings. The SMILES string of the molecule is CCCCN[Si](NC(C)CC)(OCC)OCC. The van der Waals surface area contributed by atoms with Crippen LogP contribution >= 0.6 is 0 Å². The second-order valence-electron chi connectivity index (χ2n) is 4.22. The lowest BCUT2D eigenvalue weighted by atomic mass is 10.3. The van der Waals surface area contributed by atoms with Gasteiger partial charge in [0, 0.05) is 19.3 Å². The van der Waals surface area contributed by atoms with Crippen LogP contribution in [0.15, 0.2) is 0 Å². The van der Waals surface area contributed by atoms with Crippen molar-refractivity contribution in [3.8, 4) is 0 Å². The van der Waals surface area contributed by atoms with E-state index in [1.54, 1.807) is 0 Å². The van der Waals surface area contributed by atoms with Crippen molar-refractivity contribution in [2.75, 3.05) is 19.8 Å². The number of hydrogen-bond donors (Lipinski definition) is 2. The Bertz CT molecular complexity index is 176. The lowest BCUT2D eigenvalue weighted by molar-refractivity contribution is 0.155. The zero-order valence-corrected chi connectivity index (χ0v) is 13.1. The average molecular weight is 262 g/mol.